The predicted molar refractivity (Wildman–Crippen MR) is 104 cm³/mol. The van der Waals surface area contributed by atoms with Crippen LogP contribution >= 0.6 is 0 Å². The lowest BCUT2D eigenvalue weighted by atomic mass is 9.85. The molecule has 27 heavy (non-hydrogen) atoms. The average Bonchev–Trinajstić information content (AvgIpc) is 2.92. The Labute approximate surface area is 160 Å². The normalized spacial score (nSPS) is 29.1. The average molecular weight is 394 g/mol. The number of anilines is 1. The zero-order chi connectivity index (χ0) is 19.2. The Balaban J connectivity index is 1.40. The Bertz CT molecular complexity index is 789. The molecule has 1 aromatic carbocycles. The van der Waals surface area contributed by atoms with E-state index in [-0.39, 0.29) is 12.1 Å². The van der Waals surface area contributed by atoms with Crippen LogP contribution in [0.15, 0.2) is 24.3 Å². The number of benzene rings is 1. The predicted octanol–water partition coefficient (Wildman–Crippen LogP) is 2.16. The Hall–Kier alpha value is -1.80. The molecule has 3 aliphatic heterocycles. The third-order valence-corrected chi connectivity index (χ3v) is 7.69. The van der Waals surface area contributed by atoms with Crippen LogP contribution in [0.25, 0.3) is 0 Å². The van der Waals surface area contributed by atoms with Gasteiger partial charge in [-0.1, -0.05) is 12.1 Å². The minimum Gasteiger partial charge on any atom is -0.465 e. The summed E-state index contributed by atoms with van der Waals surface area (Å²) < 4.78 is 24.8. The lowest BCUT2D eigenvalue weighted by Gasteiger charge is -2.37. The van der Waals surface area contributed by atoms with Crippen molar-refractivity contribution in [1.82, 2.24) is 9.21 Å². The zero-order valence-corrected chi connectivity index (χ0v) is 16.4. The third-order valence-electron chi connectivity index (χ3n) is 6.39. The van der Waals surface area contributed by atoms with E-state index < -0.39 is 16.1 Å². The maximum absolute atomic E-state index is 11.6. The van der Waals surface area contributed by atoms with Crippen LogP contribution in [-0.2, 0) is 10.0 Å². The van der Waals surface area contributed by atoms with Crippen molar-refractivity contribution >= 4 is 21.8 Å². The van der Waals surface area contributed by atoms with Crippen molar-refractivity contribution in [3.8, 4) is 0 Å². The molecule has 1 amide bonds. The first-order valence-electron chi connectivity index (χ1n) is 9.64. The monoisotopic (exact) mass is 393 g/mol. The molecule has 2 bridgehead atoms. The molecule has 3 saturated heterocycles. The molecule has 3 fully saturated rings. The summed E-state index contributed by atoms with van der Waals surface area (Å²) in [5.74, 6) is 0.425. The molecule has 148 valence electrons. The van der Waals surface area contributed by atoms with Crippen LogP contribution in [0, 0.1) is 0 Å². The second-order valence-electron chi connectivity index (χ2n) is 7.98. The van der Waals surface area contributed by atoms with Gasteiger partial charge in [0.1, 0.15) is 0 Å². The lowest BCUT2D eigenvalue weighted by Crippen LogP contribution is -2.48. The second kappa shape index (κ2) is 6.98. The van der Waals surface area contributed by atoms with Crippen molar-refractivity contribution in [2.75, 3.05) is 37.3 Å². The van der Waals surface area contributed by atoms with Gasteiger partial charge in [0.25, 0.3) is 0 Å². The van der Waals surface area contributed by atoms with E-state index in [2.05, 4.69) is 29.2 Å². The highest BCUT2D eigenvalue weighted by Gasteiger charge is 2.43. The molecule has 1 N–H and O–H groups in total. The van der Waals surface area contributed by atoms with Crippen molar-refractivity contribution in [3.63, 3.8) is 0 Å². The number of sulfonamides is 1. The van der Waals surface area contributed by atoms with Gasteiger partial charge in [0.05, 0.1) is 6.26 Å². The summed E-state index contributed by atoms with van der Waals surface area (Å²) >= 11 is 0. The smallest absolute Gasteiger partial charge is 0.407 e. The number of amides is 1. The highest BCUT2D eigenvalue weighted by Crippen LogP contribution is 2.43. The fourth-order valence-corrected chi connectivity index (χ4v) is 5.82. The first-order valence-corrected chi connectivity index (χ1v) is 11.5. The van der Waals surface area contributed by atoms with Gasteiger partial charge in [-0.05, 0) is 49.3 Å². The number of carboxylic acid groups (broad SMARTS) is 1. The van der Waals surface area contributed by atoms with Crippen LogP contribution < -0.4 is 4.90 Å². The highest BCUT2D eigenvalue weighted by atomic mass is 32.2. The molecule has 0 saturated carbocycles. The minimum absolute atomic E-state index is 0.162. The van der Waals surface area contributed by atoms with E-state index in [0.29, 0.717) is 32.1 Å². The Kier molecular flexibility index (Phi) is 4.80. The molecule has 0 aliphatic carbocycles. The quantitative estimate of drug-likeness (QED) is 0.851. The molecule has 2 atom stereocenters. The van der Waals surface area contributed by atoms with Crippen LogP contribution in [0.1, 0.15) is 37.2 Å². The largest absolute Gasteiger partial charge is 0.465 e. The van der Waals surface area contributed by atoms with Crippen molar-refractivity contribution in [3.05, 3.63) is 29.8 Å². The standard InChI is InChI=1S/C19H27N3O4S/c1-27(25,26)21-10-8-20(9-11-21)16-4-2-14(3-5-16)15-12-17-6-7-18(13-15)22(17)19(23)24/h2-5,15,17-18H,6-13H2,1H3,(H,23,24). The summed E-state index contributed by atoms with van der Waals surface area (Å²) in [6.07, 6.45) is 4.28. The first kappa shape index (κ1) is 18.6. The van der Waals surface area contributed by atoms with Crippen molar-refractivity contribution < 1.29 is 18.3 Å². The number of hydrogen-bond donors (Lipinski definition) is 1. The number of hydrogen-bond acceptors (Lipinski definition) is 4. The van der Waals surface area contributed by atoms with Crippen molar-refractivity contribution in [1.29, 1.82) is 0 Å². The van der Waals surface area contributed by atoms with Gasteiger partial charge in [-0.25, -0.2) is 13.2 Å². The molecular formula is C19H27N3O4S. The van der Waals surface area contributed by atoms with E-state index in [9.17, 15) is 18.3 Å². The van der Waals surface area contributed by atoms with Gasteiger partial charge in [-0.15, -0.1) is 0 Å². The SMILES string of the molecule is CS(=O)(=O)N1CCN(c2ccc(C3CC4CCC(C3)N4C(=O)O)cc2)CC1. The third kappa shape index (κ3) is 3.65. The van der Waals surface area contributed by atoms with E-state index in [0.717, 1.165) is 31.4 Å². The van der Waals surface area contributed by atoms with Gasteiger partial charge >= 0.3 is 6.09 Å². The topological polar surface area (TPSA) is 81.2 Å². The first-order chi connectivity index (χ1) is 12.8. The summed E-state index contributed by atoms with van der Waals surface area (Å²) in [4.78, 5) is 15.3. The number of rotatable bonds is 3. The van der Waals surface area contributed by atoms with E-state index in [4.69, 9.17) is 0 Å². The summed E-state index contributed by atoms with van der Waals surface area (Å²) in [6, 6.07) is 8.90. The summed E-state index contributed by atoms with van der Waals surface area (Å²) in [6.45, 7) is 2.45. The van der Waals surface area contributed by atoms with Gasteiger partial charge in [-0.2, -0.15) is 4.31 Å². The summed E-state index contributed by atoms with van der Waals surface area (Å²) in [5, 5.41) is 9.40. The molecule has 0 radical (unpaired) electrons. The van der Waals surface area contributed by atoms with E-state index in [1.54, 1.807) is 4.90 Å². The lowest BCUT2D eigenvalue weighted by molar-refractivity contribution is 0.0965. The van der Waals surface area contributed by atoms with Gasteiger partial charge in [-0.3, -0.25) is 0 Å². The number of carbonyl (C=O) groups is 1. The molecule has 3 heterocycles. The van der Waals surface area contributed by atoms with Crippen molar-refractivity contribution in [2.24, 2.45) is 0 Å². The molecule has 1 aromatic rings. The molecule has 7 nitrogen and oxygen atoms in total. The Morgan fingerprint density at radius 2 is 1.56 bits per heavy atom. The number of nitrogens with zero attached hydrogens (tertiary/aromatic N) is 3. The van der Waals surface area contributed by atoms with Crippen LogP contribution in [0.2, 0.25) is 0 Å². The molecule has 2 unspecified atom stereocenters. The van der Waals surface area contributed by atoms with Crippen LogP contribution in [0.5, 0.6) is 0 Å². The van der Waals surface area contributed by atoms with E-state index in [1.165, 1.54) is 16.1 Å². The van der Waals surface area contributed by atoms with Gasteiger partial charge in [0, 0.05) is 44.0 Å². The van der Waals surface area contributed by atoms with Crippen LogP contribution in [0.3, 0.4) is 0 Å². The number of piperidine rings is 1. The Morgan fingerprint density at radius 3 is 2.04 bits per heavy atom. The zero-order valence-electron chi connectivity index (χ0n) is 15.6. The summed E-state index contributed by atoms with van der Waals surface area (Å²) in [5.41, 5.74) is 2.41. The van der Waals surface area contributed by atoms with Crippen LogP contribution in [0.4, 0.5) is 10.5 Å². The molecular weight excluding hydrogens is 366 g/mol. The fourth-order valence-electron chi connectivity index (χ4n) is 5.00. The number of fused-ring (bicyclic) bond motifs is 2. The minimum atomic E-state index is -3.11. The van der Waals surface area contributed by atoms with Gasteiger partial charge in [0.15, 0.2) is 0 Å². The fraction of sp³-hybridized carbons (Fsp3) is 0.632. The van der Waals surface area contributed by atoms with Crippen LogP contribution in [-0.4, -0.2) is 73.3 Å². The maximum Gasteiger partial charge on any atom is 0.407 e. The van der Waals surface area contributed by atoms with E-state index in [1.807, 2.05) is 0 Å². The van der Waals surface area contributed by atoms with Gasteiger partial charge in [0.2, 0.25) is 10.0 Å². The molecule has 4 rings (SSSR count). The Morgan fingerprint density at radius 1 is 1.00 bits per heavy atom. The second-order valence-corrected chi connectivity index (χ2v) is 9.97. The molecule has 3 aliphatic rings. The maximum atomic E-state index is 11.6. The molecule has 0 aromatic heterocycles. The molecule has 8 heteroatoms. The summed E-state index contributed by atoms with van der Waals surface area (Å²) in [7, 11) is -3.11. The van der Waals surface area contributed by atoms with Gasteiger partial charge < -0.3 is 14.9 Å². The highest BCUT2D eigenvalue weighted by molar-refractivity contribution is 7.88. The van der Waals surface area contributed by atoms with E-state index >= 15 is 0 Å². The number of piperazine rings is 1. The molecule has 0 spiro atoms. The van der Waals surface area contributed by atoms with Crippen molar-refractivity contribution in [2.45, 2.75) is 43.7 Å².